The largest absolute Gasteiger partial charge is 0.497 e. The summed E-state index contributed by atoms with van der Waals surface area (Å²) in [5.41, 5.74) is 4.60. The van der Waals surface area contributed by atoms with Gasteiger partial charge in [-0.1, -0.05) is 60.7 Å². The molecule has 1 atom stereocenters. The van der Waals surface area contributed by atoms with E-state index in [2.05, 4.69) is 23.1 Å². The lowest BCUT2D eigenvalue weighted by atomic mass is 9.91. The van der Waals surface area contributed by atoms with E-state index in [1.165, 1.54) is 4.73 Å². The zero-order valence-electron chi connectivity index (χ0n) is 20.6. The number of hydrogen-bond donors (Lipinski definition) is 1. The number of carbonyl (C=O) groups excluding carboxylic acids is 1. The van der Waals surface area contributed by atoms with Gasteiger partial charge in [0.05, 0.1) is 31.0 Å². The van der Waals surface area contributed by atoms with Gasteiger partial charge in [0.2, 0.25) is 0 Å². The van der Waals surface area contributed by atoms with Gasteiger partial charge in [-0.2, -0.15) is 4.73 Å². The van der Waals surface area contributed by atoms with Crippen LogP contribution in [0.5, 0.6) is 5.75 Å². The fourth-order valence-electron chi connectivity index (χ4n) is 5.12. The Bertz CT molecular complexity index is 1330. The van der Waals surface area contributed by atoms with Gasteiger partial charge < -0.3 is 19.6 Å². The summed E-state index contributed by atoms with van der Waals surface area (Å²) in [5.74, 6) is 0.789. The Hall–Kier alpha value is -3.97. The minimum atomic E-state index is -0.268. The molecule has 7 heteroatoms. The van der Waals surface area contributed by atoms with E-state index < -0.39 is 0 Å². The lowest BCUT2D eigenvalue weighted by molar-refractivity contribution is 0.0716. The van der Waals surface area contributed by atoms with Crippen LogP contribution in [0.1, 0.15) is 24.1 Å². The standard InChI is InChI=1S/C29H31N3O4/c1-3-36-29(33)31-19-17-30(18-20-31)27(22-13-15-23(35-2)16-14-22)26-24-11-7-8-12-25(24)32(34)28(26)21-9-5-4-6-10-21/h4-16,27,34H,3,17-20H2,1-2H3. The Balaban J connectivity index is 1.65. The number of methoxy groups -OCH3 is 1. The van der Waals surface area contributed by atoms with E-state index in [4.69, 9.17) is 9.47 Å². The first kappa shape index (κ1) is 23.8. The van der Waals surface area contributed by atoms with Crippen molar-refractivity contribution in [3.8, 4) is 17.0 Å². The molecule has 1 unspecified atom stereocenters. The highest BCUT2D eigenvalue weighted by Crippen LogP contribution is 2.42. The first-order valence-electron chi connectivity index (χ1n) is 12.3. The normalized spacial score (nSPS) is 15.1. The number of fused-ring (bicyclic) bond motifs is 1. The van der Waals surface area contributed by atoms with Crippen LogP contribution >= 0.6 is 0 Å². The van der Waals surface area contributed by atoms with Crippen LogP contribution in [0, 0.1) is 0 Å². The predicted octanol–water partition coefficient (Wildman–Crippen LogP) is 5.42. The van der Waals surface area contributed by atoms with Crippen LogP contribution in [-0.2, 0) is 4.74 Å². The molecule has 1 aliphatic rings. The van der Waals surface area contributed by atoms with E-state index in [0.29, 0.717) is 32.8 Å². The number of ether oxygens (including phenoxy) is 2. The van der Waals surface area contributed by atoms with Crippen molar-refractivity contribution in [2.75, 3.05) is 39.9 Å². The third-order valence-electron chi connectivity index (χ3n) is 6.85. The average molecular weight is 486 g/mol. The molecule has 0 spiro atoms. The van der Waals surface area contributed by atoms with Gasteiger partial charge in [0, 0.05) is 42.7 Å². The van der Waals surface area contributed by atoms with E-state index >= 15 is 0 Å². The Labute approximate surface area is 211 Å². The van der Waals surface area contributed by atoms with Crippen LogP contribution in [0.25, 0.3) is 22.2 Å². The Morgan fingerprint density at radius 3 is 2.25 bits per heavy atom. The van der Waals surface area contributed by atoms with Crippen molar-refractivity contribution in [2.45, 2.75) is 13.0 Å². The Kier molecular flexibility index (Phi) is 6.82. The number of benzene rings is 3. The number of aromatic nitrogens is 1. The van der Waals surface area contributed by atoms with E-state index in [1.807, 2.05) is 67.6 Å². The molecule has 5 rings (SSSR count). The molecule has 1 saturated heterocycles. The Morgan fingerprint density at radius 1 is 0.917 bits per heavy atom. The summed E-state index contributed by atoms with van der Waals surface area (Å²) in [7, 11) is 1.66. The topological polar surface area (TPSA) is 67.2 Å². The lowest BCUT2D eigenvalue weighted by Gasteiger charge is -2.39. The monoisotopic (exact) mass is 485 g/mol. The molecule has 7 nitrogen and oxygen atoms in total. The second kappa shape index (κ2) is 10.3. The highest BCUT2D eigenvalue weighted by molar-refractivity contribution is 5.92. The van der Waals surface area contributed by atoms with Crippen LogP contribution in [0.4, 0.5) is 4.79 Å². The summed E-state index contributed by atoms with van der Waals surface area (Å²) in [5, 5.41) is 12.4. The zero-order chi connectivity index (χ0) is 25.1. The van der Waals surface area contributed by atoms with Crippen LogP contribution < -0.4 is 4.74 Å². The molecule has 0 radical (unpaired) electrons. The number of para-hydroxylation sites is 1. The maximum atomic E-state index is 12.3. The maximum absolute atomic E-state index is 12.3. The van der Waals surface area contributed by atoms with Gasteiger partial charge >= 0.3 is 6.09 Å². The van der Waals surface area contributed by atoms with Crippen LogP contribution in [-0.4, -0.2) is 65.7 Å². The fourth-order valence-corrected chi connectivity index (χ4v) is 5.12. The molecule has 1 aromatic heterocycles. The zero-order valence-corrected chi connectivity index (χ0v) is 20.6. The second-order valence-corrected chi connectivity index (χ2v) is 8.85. The second-order valence-electron chi connectivity index (χ2n) is 8.85. The van der Waals surface area contributed by atoms with Crippen molar-refractivity contribution in [2.24, 2.45) is 0 Å². The van der Waals surface area contributed by atoms with Crippen molar-refractivity contribution in [3.63, 3.8) is 0 Å². The van der Waals surface area contributed by atoms with E-state index in [9.17, 15) is 10.0 Å². The van der Waals surface area contributed by atoms with Gasteiger partial charge in [-0.25, -0.2) is 4.79 Å². The van der Waals surface area contributed by atoms with Crippen molar-refractivity contribution in [3.05, 3.63) is 90.0 Å². The first-order chi connectivity index (χ1) is 17.6. The van der Waals surface area contributed by atoms with Crippen LogP contribution in [0.15, 0.2) is 78.9 Å². The molecule has 0 aliphatic carbocycles. The summed E-state index contributed by atoms with van der Waals surface area (Å²) < 4.78 is 12.0. The van der Waals surface area contributed by atoms with Crippen molar-refractivity contribution in [1.82, 2.24) is 14.5 Å². The highest BCUT2D eigenvalue weighted by Gasteiger charge is 2.33. The van der Waals surface area contributed by atoms with E-state index in [0.717, 1.165) is 39.0 Å². The molecular weight excluding hydrogens is 454 g/mol. The predicted molar refractivity (Wildman–Crippen MR) is 140 cm³/mol. The van der Waals surface area contributed by atoms with Gasteiger partial charge in [-0.05, 0) is 30.7 Å². The van der Waals surface area contributed by atoms with Crippen molar-refractivity contribution >= 4 is 17.0 Å². The summed E-state index contributed by atoms with van der Waals surface area (Å²) >= 11 is 0. The van der Waals surface area contributed by atoms with Crippen molar-refractivity contribution in [1.29, 1.82) is 0 Å². The summed E-state index contributed by atoms with van der Waals surface area (Å²) in [6.45, 7) is 4.69. The summed E-state index contributed by atoms with van der Waals surface area (Å²) in [4.78, 5) is 16.5. The third kappa shape index (κ3) is 4.38. The van der Waals surface area contributed by atoms with Crippen molar-refractivity contribution < 1.29 is 19.5 Å². The first-order valence-corrected chi connectivity index (χ1v) is 12.3. The number of hydrogen-bond acceptors (Lipinski definition) is 5. The molecule has 4 aromatic rings. The minimum absolute atomic E-state index is 0.145. The van der Waals surface area contributed by atoms with E-state index in [1.54, 1.807) is 12.0 Å². The molecule has 3 aromatic carbocycles. The molecule has 0 bridgehead atoms. The molecular formula is C29H31N3O4. The number of carbonyl (C=O) groups is 1. The lowest BCUT2D eigenvalue weighted by Crippen LogP contribution is -2.50. The van der Waals surface area contributed by atoms with Gasteiger partial charge in [-0.3, -0.25) is 4.90 Å². The summed E-state index contributed by atoms with van der Waals surface area (Å²) in [6.07, 6.45) is -0.268. The highest BCUT2D eigenvalue weighted by atomic mass is 16.6. The SMILES string of the molecule is CCOC(=O)N1CCN(C(c2ccc(OC)cc2)c2c(-c3ccccc3)n(O)c3ccccc23)CC1. The van der Waals surface area contributed by atoms with Crippen LogP contribution in [0.2, 0.25) is 0 Å². The fraction of sp³-hybridized carbons (Fsp3) is 0.276. The molecule has 1 fully saturated rings. The summed E-state index contributed by atoms with van der Waals surface area (Å²) in [6, 6.07) is 25.9. The number of amides is 1. The number of piperazine rings is 1. The maximum Gasteiger partial charge on any atom is 0.409 e. The molecule has 36 heavy (non-hydrogen) atoms. The smallest absolute Gasteiger partial charge is 0.409 e. The van der Waals surface area contributed by atoms with Gasteiger partial charge in [0.25, 0.3) is 0 Å². The van der Waals surface area contributed by atoms with Gasteiger partial charge in [0.15, 0.2) is 0 Å². The number of rotatable bonds is 6. The minimum Gasteiger partial charge on any atom is -0.497 e. The molecule has 2 heterocycles. The molecule has 1 aliphatic heterocycles. The number of nitrogens with zero attached hydrogens (tertiary/aromatic N) is 3. The van der Waals surface area contributed by atoms with E-state index in [-0.39, 0.29) is 12.1 Å². The van der Waals surface area contributed by atoms with Gasteiger partial charge in [0.1, 0.15) is 5.75 Å². The molecule has 1 N–H and O–H groups in total. The average Bonchev–Trinajstić information content (AvgIpc) is 3.22. The molecule has 186 valence electrons. The quantitative estimate of drug-likeness (QED) is 0.370. The van der Waals surface area contributed by atoms with Crippen LogP contribution in [0.3, 0.4) is 0 Å². The third-order valence-corrected chi connectivity index (χ3v) is 6.85. The molecule has 0 saturated carbocycles. The molecule has 1 amide bonds. The Morgan fingerprint density at radius 2 is 1.58 bits per heavy atom. The van der Waals surface area contributed by atoms with Gasteiger partial charge in [-0.15, -0.1) is 0 Å².